The summed E-state index contributed by atoms with van der Waals surface area (Å²) in [5.41, 5.74) is 0. The first kappa shape index (κ1) is 16.1. The molecule has 0 aromatic carbocycles. The smallest absolute Gasteiger partial charge is 0.186 e. The molecule has 6 heteroatoms. The minimum absolute atomic E-state index is 0.00302. The molecule has 20 heavy (non-hydrogen) atoms. The van der Waals surface area contributed by atoms with Crippen molar-refractivity contribution >= 4 is 0 Å². The number of rotatable bonds is 3. The Bertz CT molecular complexity index is 277. The van der Waals surface area contributed by atoms with E-state index in [2.05, 4.69) is 0 Å². The van der Waals surface area contributed by atoms with Crippen molar-refractivity contribution < 1.29 is 29.9 Å². The molecule has 0 aromatic heterocycles. The second kappa shape index (κ2) is 7.68. The van der Waals surface area contributed by atoms with Crippen molar-refractivity contribution in [1.29, 1.82) is 0 Å². The van der Waals surface area contributed by atoms with E-state index in [4.69, 9.17) is 14.6 Å². The third-order valence-corrected chi connectivity index (χ3v) is 4.23. The van der Waals surface area contributed by atoms with Crippen LogP contribution < -0.4 is 0 Å². The quantitative estimate of drug-likeness (QED) is 0.580. The Hall–Kier alpha value is -0.240. The summed E-state index contributed by atoms with van der Waals surface area (Å²) in [5, 5.41) is 38.5. The zero-order valence-electron chi connectivity index (χ0n) is 11.7. The van der Waals surface area contributed by atoms with Crippen molar-refractivity contribution in [2.75, 3.05) is 6.61 Å². The highest BCUT2D eigenvalue weighted by Gasteiger charge is 2.44. The zero-order valence-corrected chi connectivity index (χ0v) is 11.7. The molecular weight excluding hydrogens is 264 g/mol. The minimum Gasteiger partial charge on any atom is -0.394 e. The van der Waals surface area contributed by atoms with Gasteiger partial charge in [-0.15, -0.1) is 0 Å². The van der Waals surface area contributed by atoms with Crippen LogP contribution in [0.2, 0.25) is 0 Å². The van der Waals surface area contributed by atoms with Crippen molar-refractivity contribution in [3.05, 3.63) is 0 Å². The van der Waals surface area contributed by atoms with Crippen molar-refractivity contribution in [2.45, 2.75) is 81.8 Å². The van der Waals surface area contributed by atoms with Gasteiger partial charge in [-0.3, -0.25) is 0 Å². The third kappa shape index (κ3) is 3.90. The zero-order chi connectivity index (χ0) is 14.5. The van der Waals surface area contributed by atoms with Crippen molar-refractivity contribution in [1.82, 2.24) is 0 Å². The van der Waals surface area contributed by atoms with Crippen molar-refractivity contribution in [3.8, 4) is 0 Å². The van der Waals surface area contributed by atoms with E-state index in [1.807, 2.05) is 0 Å². The van der Waals surface area contributed by atoms with Crippen molar-refractivity contribution in [2.24, 2.45) is 0 Å². The Balaban J connectivity index is 1.92. The van der Waals surface area contributed by atoms with Crippen LogP contribution in [0.4, 0.5) is 0 Å². The number of aliphatic hydroxyl groups excluding tert-OH is 4. The molecule has 0 amide bonds. The second-order valence-corrected chi connectivity index (χ2v) is 5.80. The molecule has 1 heterocycles. The van der Waals surface area contributed by atoms with E-state index in [0.717, 1.165) is 25.7 Å². The van der Waals surface area contributed by atoms with Crippen LogP contribution in [-0.2, 0) is 9.47 Å². The lowest BCUT2D eigenvalue weighted by Gasteiger charge is -2.41. The average molecular weight is 290 g/mol. The molecule has 6 nitrogen and oxygen atoms in total. The van der Waals surface area contributed by atoms with Gasteiger partial charge >= 0.3 is 0 Å². The number of hydrogen-bond donors (Lipinski definition) is 4. The summed E-state index contributed by atoms with van der Waals surface area (Å²) in [5.74, 6) is 0. The first-order chi connectivity index (χ1) is 9.63. The maximum Gasteiger partial charge on any atom is 0.186 e. The van der Waals surface area contributed by atoms with Gasteiger partial charge in [0.25, 0.3) is 0 Å². The standard InChI is InChI=1S/C14H26O6/c15-8-10-11(16)12(17)13(18)14(20-10)19-9-6-4-2-1-3-5-7-9/h9-18H,1-8H2/t10-,11-,12+,13-,14-/m1/s1. The summed E-state index contributed by atoms with van der Waals surface area (Å²) in [6.45, 7) is -0.421. The Morgan fingerprint density at radius 3 is 2.05 bits per heavy atom. The van der Waals surface area contributed by atoms with Gasteiger partial charge < -0.3 is 29.9 Å². The van der Waals surface area contributed by atoms with Crippen LogP contribution in [0.25, 0.3) is 0 Å². The number of ether oxygens (including phenoxy) is 2. The number of aliphatic hydroxyl groups is 4. The van der Waals surface area contributed by atoms with Crippen LogP contribution in [0.15, 0.2) is 0 Å². The molecule has 0 spiro atoms. The molecule has 5 atom stereocenters. The largest absolute Gasteiger partial charge is 0.394 e. The van der Waals surface area contributed by atoms with Gasteiger partial charge in [-0.05, 0) is 12.8 Å². The normalized spacial score (nSPS) is 41.1. The van der Waals surface area contributed by atoms with Crippen LogP contribution >= 0.6 is 0 Å². The SMILES string of the molecule is OC[C@H]1O[C@@H](OC2CCCCCCC2)[C@H](O)[C@@H](O)[C@@H]1O. The van der Waals surface area contributed by atoms with Gasteiger partial charge in [-0.1, -0.05) is 32.1 Å². The van der Waals surface area contributed by atoms with E-state index in [9.17, 15) is 15.3 Å². The molecule has 2 fully saturated rings. The summed E-state index contributed by atoms with van der Waals surface area (Å²) in [6, 6.07) is 0. The topological polar surface area (TPSA) is 99.4 Å². The van der Waals surface area contributed by atoms with Crippen LogP contribution in [0.5, 0.6) is 0 Å². The van der Waals surface area contributed by atoms with E-state index in [-0.39, 0.29) is 6.10 Å². The highest BCUT2D eigenvalue weighted by atomic mass is 16.7. The van der Waals surface area contributed by atoms with Gasteiger partial charge in [0.15, 0.2) is 6.29 Å². The Labute approximate surface area is 119 Å². The molecule has 2 rings (SSSR count). The summed E-state index contributed by atoms with van der Waals surface area (Å²) in [7, 11) is 0. The van der Waals surface area contributed by atoms with Crippen LogP contribution in [0.3, 0.4) is 0 Å². The molecule has 2 aliphatic rings. The lowest BCUT2D eigenvalue weighted by molar-refractivity contribution is -0.312. The summed E-state index contributed by atoms with van der Waals surface area (Å²) < 4.78 is 11.1. The Morgan fingerprint density at radius 1 is 0.850 bits per heavy atom. The highest BCUT2D eigenvalue weighted by molar-refractivity contribution is 4.89. The van der Waals surface area contributed by atoms with Gasteiger partial charge in [0.05, 0.1) is 12.7 Å². The predicted molar refractivity (Wildman–Crippen MR) is 71.0 cm³/mol. The van der Waals surface area contributed by atoms with Gasteiger partial charge in [0, 0.05) is 0 Å². The maximum absolute atomic E-state index is 9.94. The Morgan fingerprint density at radius 2 is 1.45 bits per heavy atom. The van der Waals surface area contributed by atoms with E-state index in [1.54, 1.807) is 0 Å². The molecule has 1 aliphatic carbocycles. The molecule has 118 valence electrons. The molecule has 1 saturated heterocycles. The van der Waals surface area contributed by atoms with E-state index < -0.39 is 37.3 Å². The fourth-order valence-electron chi connectivity index (χ4n) is 2.92. The molecule has 0 unspecified atom stereocenters. The van der Waals surface area contributed by atoms with E-state index in [1.165, 1.54) is 19.3 Å². The molecule has 4 N–H and O–H groups in total. The monoisotopic (exact) mass is 290 g/mol. The van der Waals surface area contributed by atoms with E-state index in [0.29, 0.717) is 0 Å². The Kier molecular flexibility index (Phi) is 6.20. The summed E-state index contributed by atoms with van der Waals surface area (Å²) in [4.78, 5) is 0. The summed E-state index contributed by atoms with van der Waals surface area (Å²) >= 11 is 0. The van der Waals surface area contributed by atoms with Crippen LogP contribution in [0, 0.1) is 0 Å². The third-order valence-electron chi connectivity index (χ3n) is 4.23. The fourth-order valence-corrected chi connectivity index (χ4v) is 2.92. The molecule has 0 aromatic rings. The predicted octanol–water partition coefficient (Wildman–Crippen LogP) is -0.0842. The summed E-state index contributed by atoms with van der Waals surface area (Å²) in [6.07, 6.45) is 1.76. The van der Waals surface area contributed by atoms with Crippen LogP contribution in [-0.4, -0.2) is 63.8 Å². The first-order valence-electron chi connectivity index (χ1n) is 7.59. The van der Waals surface area contributed by atoms with Crippen LogP contribution in [0.1, 0.15) is 44.9 Å². The van der Waals surface area contributed by atoms with Gasteiger partial charge in [0.1, 0.15) is 24.4 Å². The average Bonchev–Trinajstić information content (AvgIpc) is 2.42. The lowest BCUT2D eigenvalue weighted by atomic mass is 9.97. The minimum atomic E-state index is -1.36. The fraction of sp³-hybridized carbons (Fsp3) is 1.00. The first-order valence-corrected chi connectivity index (χ1v) is 7.59. The van der Waals surface area contributed by atoms with Gasteiger partial charge in [-0.25, -0.2) is 0 Å². The highest BCUT2D eigenvalue weighted by Crippen LogP contribution is 2.26. The van der Waals surface area contributed by atoms with Crippen molar-refractivity contribution in [3.63, 3.8) is 0 Å². The lowest BCUT2D eigenvalue weighted by Crippen LogP contribution is -2.59. The van der Waals surface area contributed by atoms with E-state index >= 15 is 0 Å². The van der Waals surface area contributed by atoms with Gasteiger partial charge in [-0.2, -0.15) is 0 Å². The van der Waals surface area contributed by atoms with Gasteiger partial charge in [0.2, 0.25) is 0 Å². The molecule has 1 saturated carbocycles. The molecule has 0 bridgehead atoms. The molecule has 0 radical (unpaired) electrons. The molecule has 1 aliphatic heterocycles. The maximum atomic E-state index is 9.94. The molecular formula is C14H26O6. The number of hydrogen-bond acceptors (Lipinski definition) is 6. The second-order valence-electron chi connectivity index (χ2n) is 5.80.